The SMILES string of the molecule is CNc1nc(-c2ccc(F)c(F)c2)cc(C(F)(F)F)n1. The Morgan fingerprint density at radius 2 is 1.70 bits per heavy atom. The molecule has 1 aromatic carbocycles. The largest absolute Gasteiger partial charge is 0.433 e. The van der Waals surface area contributed by atoms with E-state index in [-0.39, 0.29) is 17.2 Å². The van der Waals surface area contributed by atoms with Gasteiger partial charge in [0.05, 0.1) is 5.69 Å². The maximum absolute atomic E-state index is 13.1. The number of hydrogen-bond donors (Lipinski definition) is 1. The molecule has 0 saturated carbocycles. The molecule has 2 rings (SSSR count). The van der Waals surface area contributed by atoms with Crippen LogP contribution in [0, 0.1) is 11.6 Å². The molecule has 0 amide bonds. The Bertz CT molecular complexity index is 639. The van der Waals surface area contributed by atoms with E-state index in [4.69, 9.17) is 0 Å². The average molecular weight is 289 g/mol. The van der Waals surface area contributed by atoms with Crippen LogP contribution < -0.4 is 5.32 Å². The normalized spacial score (nSPS) is 11.5. The molecule has 0 aliphatic carbocycles. The second-order valence-electron chi connectivity index (χ2n) is 3.84. The summed E-state index contributed by atoms with van der Waals surface area (Å²) in [5, 5.41) is 2.39. The fourth-order valence-electron chi connectivity index (χ4n) is 1.51. The fraction of sp³-hybridized carbons (Fsp3) is 0.167. The highest BCUT2D eigenvalue weighted by Gasteiger charge is 2.33. The van der Waals surface area contributed by atoms with Gasteiger partial charge in [-0.3, -0.25) is 0 Å². The Morgan fingerprint density at radius 1 is 1.00 bits per heavy atom. The molecular formula is C12H8F5N3. The molecule has 0 atom stereocenters. The van der Waals surface area contributed by atoms with Gasteiger partial charge in [-0.25, -0.2) is 18.7 Å². The third-order valence-electron chi connectivity index (χ3n) is 2.46. The summed E-state index contributed by atoms with van der Waals surface area (Å²) < 4.78 is 64.0. The van der Waals surface area contributed by atoms with E-state index in [9.17, 15) is 22.0 Å². The lowest BCUT2D eigenvalue weighted by Crippen LogP contribution is -2.11. The van der Waals surface area contributed by atoms with E-state index < -0.39 is 23.5 Å². The van der Waals surface area contributed by atoms with E-state index in [0.717, 1.165) is 18.2 Å². The molecule has 0 aliphatic rings. The maximum Gasteiger partial charge on any atom is 0.433 e. The van der Waals surface area contributed by atoms with Crippen molar-refractivity contribution in [3.05, 3.63) is 41.6 Å². The van der Waals surface area contributed by atoms with Gasteiger partial charge in [0.1, 0.15) is 0 Å². The smallest absolute Gasteiger partial charge is 0.357 e. The Balaban J connectivity index is 2.58. The third-order valence-corrected chi connectivity index (χ3v) is 2.46. The summed E-state index contributed by atoms with van der Waals surface area (Å²) in [4.78, 5) is 7.07. The first kappa shape index (κ1) is 14.2. The van der Waals surface area contributed by atoms with Gasteiger partial charge < -0.3 is 5.32 Å². The number of hydrogen-bond acceptors (Lipinski definition) is 3. The lowest BCUT2D eigenvalue weighted by Gasteiger charge is -2.10. The second-order valence-corrected chi connectivity index (χ2v) is 3.84. The van der Waals surface area contributed by atoms with Gasteiger partial charge in [0, 0.05) is 12.6 Å². The summed E-state index contributed by atoms with van der Waals surface area (Å²) in [6, 6.07) is 3.41. The minimum absolute atomic E-state index is 0.0216. The van der Waals surface area contributed by atoms with Crippen LogP contribution in [0.4, 0.5) is 27.9 Å². The molecule has 1 heterocycles. The van der Waals surface area contributed by atoms with Crippen molar-refractivity contribution in [1.29, 1.82) is 0 Å². The van der Waals surface area contributed by atoms with Crippen LogP contribution in [-0.4, -0.2) is 17.0 Å². The van der Waals surface area contributed by atoms with Crippen LogP contribution >= 0.6 is 0 Å². The van der Waals surface area contributed by atoms with Crippen molar-refractivity contribution < 1.29 is 22.0 Å². The summed E-state index contributed by atoms with van der Waals surface area (Å²) in [5.41, 5.74) is -1.31. The van der Waals surface area contributed by atoms with Gasteiger partial charge in [-0.05, 0) is 24.3 Å². The van der Waals surface area contributed by atoms with E-state index in [0.29, 0.717) is 6.07 Å². The van der Waals surface area contributed by atoms with E-state index in [1.165, 1.54) is 7.05 Å². The van der Waals surface area contributed by atoms with Crippen LogP contribution in [0.2, 0.25) is 0 Å². The quantitative estimate of drug-likeness (QED) is 0.860. The van der Waals surface area contributed by atoms with Crippen molar-refractivity contribution in [2.24, 2.45) is 0 Å². The molecule has 8 heteroatoms. The van der Waals surface area contributed by atoms with Crippen LogP contribution in [0.1, 0.15) is 5.69 Å². The van der Waals surface area contributed by atoms with Gasteiger partial charge >= 0.3 is 6.18 Å². The van der Waals surface area contributed by atoms with Crippen LogP contribution in [0.5, 0.6) is 0 Å². The Labute approximate surface area is 110 Å². The number of aromatic nitrogens is 2. The molecule has 2 aromatic rings. The molecule has 0 unspecified atom stereocenters. The summed E-state index contributed by atoms with van der Waals surface area (Å²) in [6.45, 7) is 0. The third kappa shape index (κ3) is 2.84. The number of nitrogens with zero attached hydrogens (tertiary/aromatic N) is 2. The molecule has 1 N–H and O–H groups in total. The van der Waals surface area contributed by atoms with Gasteiger partial charge in [-0.2, -0.15) is 13.2 Å². The highest BCUT2D eigenvalue weighted by molar-refractivity contribution is 5.61. The molecule has 0 bridgehead atoms. The topological polar surface area (TPSA) is 37.8 Å². The van der Waals surface area contributed by atoms with Crippen LogP contribution in [-0.2, 0) is 6.18 Å². The zero-order valence-electron chi connectivity index (χ0n) is 10.1. The minimum atomic E-state index is -4.66. The summed E-state index contributed by atoms with van der Waals surface area (Å²) >= 11 is 0. The number of nitrogens with one attached hydrogen (secondary N) is 1. The number of alkyl halides is 3. The molecule has 20 heavy (non-hydrogen) atoms. The van der Waals surface area contributed by atoms with Crippen molar-refractivity contribution in [2.45, 2.75) is 6.18 Å². The second kappa shape index (κ2) is 5.03. The van der Waals surface area contributed by atoms with E-state index >= 15 is 0 Å². The summed E-state index contributed by atoms with van der Waals surface area (Å²) in [7, 11) is 1.35. The maximum atomic E-state index is 13.1. The highest BCUT2D eigenvalue weighted by Crippen LogP contribution is 2.31. The molecular weight excluding hydrogens is 281 g/mol. The molecule has 1 aromatic heterocycles. The van der Waals surface area contributed by atoms with Crippen LogP contribution in [0.3, 0.4) is 0 Å². The van der Waals surface area contributed by atoms with E-state index in [2.05, 4.69) is 15.3 Å². The van der Waals surface area contributed by atoms with Crippen molar-refractivity contribution in [2.75, 3.05) is 12.4 Å². The zero-order valence-corrected chi connectivity index (χ0v) is 10.1. The van der Waals surface area contributed by atoms with Crippen molar-refractivity contribution in [1.82, 2.24) is 9.97 Å². The van der Waals surface area contributed by atoms with Gasteiger partial charge in [0.15, 0.2) is 17.3 Å². The lowest BCUT2D eigenvalue weighted by atomic mass is 10.1. The minimum Gasteiger partial charge on any atom is -0.357 e. The number of halogens is 5. The Morgan fingerprint density at radius 3 is 2.25 bits per heavy atom. The Kier molecular flexibility index (Phi) is 3.56. The monoisotopic (exact) mass is 289 g/mol. The lowest BCUT2D eigenvalue weighted by molar-refractivity contribution is -0.141. The first-order chi connectivity index (χ1) is 9.31. The standard InChI is InChI=1S/C12H8F5N3/c1-18-11-19-9(5-10(20-11)12(15,16)17)6-2-3-7(13)8(14)4-6/h2-5H,1H3,(H,18,19,20). The van der Waals surface area contributed by atoms with Crippen molar-refractivity contribution in [3.63, 3.8) is 0 Å². The summed E-state index contributed by atoms with van der Waals surface area (Å²) in [5.74, 6) is -2.52. The van der Waals surface area contributed by atoms with Gasteiger partial charge in [-0.15, -0.1) is 0 Å². The molecule has 106 valence electrons. The van der Waals surface area contributed by atoms with E-state index in [1.54, 1.807) is 0 Å². The first-order valence-electron chi connectivity index (χ1n) is 5.40. The van der Waals surface area contributed by atoms with Gasteiger partial charge in [0.2, 0.25) is 5.95 Å². The molecule has 0 fully saturated rings. The molecule has 0 spiro atoms. The first-order valence-corrected chi connectivity index (χ1v) is 5.40. The van der Waals surface area contributed by atoms with Gasteiger partial charge in [-0.1, -0.05) is 0 Å². The van der Waals surface area contributed by atoms with Crippen LogP contribution in [0.25, 0.3) is 11.3 Å². The predicted molar refractivity (Wildman–Crippen MR) is 61.9 cm³/mol. The van der Waals surface area contributed by atoms with Gasteiger partial charge in [0.25, 0.3) is 0 Å². The molecule has 3 nitrogen and oxygen atoms in total. The Hall–Kier alpha value is -2.25. The zero-order chi connectivity index (χ0) is 14.9. The number of benzene rings is 1. The molecule has 0 aliphatic heterocycles. The molecule has 0 radical (unpaired) electrons. The average Bonchev–Trinajstić information content (AvgIpc) is 2.40. The predicted octanol–water partition coefficient (Wildman–Crippen LogP) is 3.48. The van der Waals surface area contributed by atoms with E-state index in [1.807, 2.05) is 0 Å². The number of anilines is 1. The number of rotatable bonds is 2. The van der Waals surface area contributed by atoms with Crippen molar-refractivity contribution >= 4 is 5.95 Å². The van der Waals surface area contributed by atoms with Crippen molar-refractivity contribution in [3.8, 4) is 11.3 Å². The summed E-state index contributed by atoms with van der Waals surface area (Å²) in [6.07, 6.45) is -4.66. The fourth-order valence-corrected chi connectivity index (χ4v) is 1.51. The van der Waals surface area contributed by atoms with Crippen LogP contribution in [0.15, 0.2) is 24.3 Å². The highest BCUT2D eigenvalue weighted by atomic mass is 19.4. The molecule has 0 saturated heterocycles.